The van der Waals surface area contributed by atoms with Crippen molar-refractivity contribution in [3.63, 3.8) is 0 Å². The third-order valence-corrected chi connectivity index (χ3v) is 7.46. The number of methoxy groups -OCH3 is 2. The van der Waals surface area contributed by atoms with E-state index in [0.29, 0.717) is 23.3 Å². The van der Waals surface area contributed by atoms with Crippen LogP contribution in [0.5, 0.6) is 11.5 Å². The van der Waals surface area contributed by atoms with E-state index in [4.69, 9.17) is 14.2 Å². The van der Waals surface area contributed by atoms with Crippen LogP contribution in [0, 0.1) is 5.41 Å². The molecular formula is C27H34N4O4. The van der Waals surface area contributed by atoms with Crippen molar-refractivity contribution in [2.24, 2.45) is 10.5 Å². The van der Waals surface area contributed by atoms with Crippen LogP contribution in [-0.4, -0.2) is 70.9 Å². The summed E-state index contributed by atoms with van der Waals surface area (Å²) in [4.78, 5) is 17.5. The Kier molecular flexibility index (Phi) is 6.32. The quantitative estimate of drug-likeness (QED) is 0.660. The fourth-order valence-electron chi connectivity index (χ4n) is 5.32. The number of rotatable bonds is 4. The van der Waals surface area contributed by atoms with Crippen LogP contribution < -0.4 is 19.3 Å². The van der Waals surface area contributed by atoms with Gasteiger partial charge in [-0.25, -0.2) is 9.80 Å². The highest BCUT2D eigenvalue weighted by Gasteiger charge is 2.42. The van der Waals surface area contributed by atoms with E-state index in [-0.39, 0.29) is 12.1 Å². The molecule has 2 fully saturated rings. The number of benzene rings is 2. The van der Waals surface area contributed by atoms with Gasteiger partial charge in [0.15, 0.2) is 11.5 Å². The van der Waals surface area contributed by atoms with E-state index < -0.39 is 0 Å². The van der Waals surface area contributed by atoms with E-state index in [9.17, 15) is 4.79 Å². The second-order valence-corrected chi connectivity index (χ2v) is 9.92. The molecule has 0 aliphatic carbocycles. The van der Waals surface area contributed by atoms with Crippen molar-refractivity contribution in [1.29, 1.82) is 0 Å². The molecule has 8 heteroatoms. The van der Waals surface area contributed by atoms with E-state index in [1.54, 1.807) is 37.4 Å². The van der Waals surface area contributed by atoms with E-state index in [1.165, 1.54) is 18.5 Å². The second kappa shape index (κ2) is 9.41. The summed E-state index contributed by atoms with van der Waals surface area (Å²) in [6, 6.07) is 11.8. The summed E-state index contributed by atoms with van der Waals surface area (Å²) >= 11 is 0. The Morgan fingerprint density at radius 1 is 1.14 bits per heavy atom. The SMILES string of the molecule is COc1cc2c(cc1OC)CC(C)N(C(=O)N(C)c1ccc(N3CCCC4(COC4)C3)cc1)N=C2. The molecule has 0 saturated carbocycles. The summed E-state index contributed by atoms with van der Waals surface area (Å²) in [6.45, 7) is 5.85. The molecule has 3 aliphatic rings. The molecule has 0 bridgehead atoms. The molecule has 2 saturated heterocycles. The third kappa shape index (κ3) is 4.43. The first-order chi connectivity index (χ1) is 16.9. The third-order valence-electron chi connectivity index (χ3n) is 7.46. The molecule has 1 atom stereocenters. The highest BCUT2D eigenvalue weighted by Crippen LogP contribution is 2.39. The minimum Gasteiger partial charge on any atom is -0.493 e. The van der Waals surface area contributed by atoms with Crippen molar-refractivity contribution in [1.82, 2.24) is 5.01 Å². The standard InChI is InChI=1S/C27H34N4O4/c1-19-12-20-13-24(33-3)25(34-4)14-21(20)15-28-31(19)26(32)29(2)22-6-8-23(9-7-22)30-11-5-10-27(16-30)17-35-18-27/h6-9,13-15,19H,5,10-12,16-18H2,1-4H3. The normalized spacial score (nSPS) is 20.6. The zero-order valence-corrected chi connectivity index (χ0v) is 21.0. The molecule has 2 amide bonds. The zero-order valence-electron chi connectivity index (χ0n) is 21.0. The lowest BCUT2D eigenvalue weighted by Gasteiger charge is -2.49. The number of nitrogens with zero attached hydrogens (tertiary/aromatic N) is 4. The Morgan fingerprint density at radius 2 is 1.86 bits per heavy atom. The lowest BCUT2D eigenvalue weighted by Crippen LogP contribution is -2.54. The highest BCUT2D eigenvalue weighted by molar-refractivity contribution is 5.93. The topological polar surface area (TPSA) is 66.8 Å². The number of urea groups is 1. The van der Waals surface area contributed by atoms with E-state index in [0.717, 1.165) is 43.1 Å². The number of hydrogen-bond acceptors (Lipinski definition) is 6. The van der Waals surface area contributed by atoms with Crippen LogP contribution in [0.1, 0.15) is 30.9 Å². The van der Waals surface area contributed by atoms with Crippen LogP contribution in [0.2, 0.25) is 0 Å². The maximum absolute atomic E-state index is 13.4. The van der Waals surface area contributed by atoms with E-state index in [1.807, 2.05) is 31.2 Å². The summed E-state index contributed by atoms with van der Waals surface area (Å²) in [7, 11) is 5.03. The first-order valence-corrected chi connectivity index (χ1v) is 12.2. The molecule has 2 aromatic carbocycles. The van der Waals surface area contributed by atoms with E-state index >= 15 is 0 Å². The van der Waals surface area contributed by atoms with Crippen LogP contribution in [0.15, 0.2) is 41.5 Å². The van der Waals surface area contributed by atoms with Gasteiger partial charge in [-0.1, -0.05) is 0 Å². The van der Waals surface area contributed by atoms with Crippen LogP contribution in [0.3, 0.4) is 0 Å². The van der Waals surface area contributed by atoms with Crippen molar-refractivity contribution >= 4 is 23.6 Å². The number of amides is 2. The number of piperidine rings is 1. The number of carbonyl (C=O) groups excluding carboxylic acids is 1. The predicted octanol–water partition coefficient (Wildman–Crippen LogP) is 4.16. The first kappa shape index (κ1) is 23.5. The number of anilines is 2. The molecule has 35 heavy (non-hydrogen) atoms. The van der Waals surface area contributed by atoms with Crippen molar-refractivity contribution in [2.75, 3.05) is 57.4 Å². The van der Waals surface area contributed by atoms with Gasteiger partial charge in [-0.3, -0.25) is 4.90 Å². The van der Waals surface area contributed by atoms with Gasteiger partial charge in [-0.15, -0.1) is 0 Å². The van der Waals surface area contributed by atoms with Crippen molar-refractivity contribution in [3.05, 3.63) is 47.5 Å². The van der Waals surface area contributed by atoms with Crippen LogP contribution in [0.4, 0.5) is 16.2 Å². The smallest absolute Gasteiger partial charge is 0.344 e. The molecule has 3 aliphatic heterocycles. The molecule has 186 valence electrons. The molecule has 5 rings (SSSR count). The van der Waals surface area contributed by atoms with Gasteiger partial charge in [0.05, 0.1) is 39.7 Å². The van der Waals surface area contributed by atoms with Crippen molar-refractivity contribution in [3.8, 4) is 11.5 Å². The van der Waals surface area contributed by atoms with Gasteiger partial charge in [-0.05, 0) is 68.1 Å². The van der Waals surface area contributed by atoms with E-state index in [2.05, 4.69) is 22.1 Å². The minimum atomic E-state index is -0.170. The summed E-state index contributed by atoms with van der Waals surface area (Å²) in [5.41, 5.74) is 4.35. The van der Waals surface area contributed by atoms with Gasteiger partial charge in [0.1, 0.15) is 0 Å². The van der Waals surface area contributed by atoms with Gasteiger partial charge in [-0.2, -0.15) is 5.10 Å². The van der Waals surface area contributed by atoms with Gasteiger partial charge in [0.25, 0.3) is 0 Å². The lowest BCUT2D eigenvalue weighted by atomic mass is 9.78. The number of hydrogen-bond donors (Lipinski definition) is 0. The van der Waals surface area contributed by atoms with Crippen LogP contribution in [0.25, 0.3) is 0 Å². The largest absolute Gasteiger partial charge is 0.493 e. The van der Waals surface area contributed by atoms with Crippen LogP contribution in [-0.2, 0) is 11.2 Å². The molecule has 1 unspecified atom stereocenters. The van der Waals surface area contributed by atoms with Crippen molar-refractivity contribution in [2.45, 2.75) is 32.2 Å². The van der Waals surface area contributed by atoms with Gasteiger partial charge < -0.3 is 19.1 Å². The average Bonchev–Trinajstić information content (AvgIpc) is 3.03. The zero-order chi connectivity index (χ0) is 24.6. The maximum Gasteiger partial charge on any atom is 0.344 e. The molecule has 3 heterocycles. The second-order valence-electron chi connectivity index (χ2n) is 9.92. The Balaban J connectivity index is 1.30. The molecular weight excluding hydrogens is 444 g/mol. The average molecular weight is 479 g/mol. The van der Waals surface area contributed by atoms with Gasteiger partial charge in [0, 0.05) is 42.5 Å². The molecule has 8 nitrogen and oxygen atoms in total. The summed E-state index contributed by atoms with van der Waals surface area (Å²) in [5.74, 6) is 1.32. The molecule has 1 spiro atoms. The molecule has 2 aromatic rings. The van der Waals surface area contributed by atoms with Crippen LogP contribution >= 0.6 is 0 Å². The predicted molar refractivity (Wildman–Crippen MR) is 137 cm³/mol. The number of fused-ring (bicyclic) bond motifs is 1. The molecule has 0 aromatic heterocycles. The maximum atomic E-state index is 13.4. The van der Waals surface area contributed by atoms with Crippen molar-refractivity contribution < 1.29 is 19.0 Å². The number of hydrazone groups is 1. The summed E-state index contributed by atoms with van der Waals surface area (Å²) in [5, 5.41) is 6.10. The fraction of sp³-hybridized carbons (Fsp3) is 0.481. The minimum absolute atomic E-state index is 0.117. The molecule has 0 N–H and O–H groups in total. The van der Waals surface area contributed by atoms with Gasteiger partial charge in [0.2, 0.25) is 0 Å². The van der Waals surface area contributed by atoms with Gasteiger partial charge >= 0.3 is 6.03 Å². The monoisotopic (exact) mass is 478 g/mol. The number of carbonyl (C=O) groups is 1. The number of ether oxygens (including phenoxy) is 3. The Hall–Kier alpha value is -3.26. The molecule has 0 radical (unpaired) electrons. The summed E-state index contributed by atoms with van der Waals surface area (Å²) in [6.07, 6.45) is 4.83. The summed E-state index contributed by atoms with van der Waals surface area (Å²) < 4.78 is 16.4. The lowest BCUT2D eigenvalue weighted by molar-refractivity contribution is -0.117. The first-order valence-electron chi connectivity index (χ1n) is 12.2. The highest BCUT2D eigenvalue weighted by atomic mass is 16.5. The Bertz CT molecular complexity index is 1110. The Morgan fingerprint density at radius 3 is 2.51 bits per heavy atom. The Labute approximate surface area is 207 Å². The fourth-order valence-corrected chi connectivity index (χ4v) is 5.32.